The van der Waals surface area contributed by atoms with Crippen molar-refractivity contribution in [2.75, 3.05) is 18.0 Å². The Morgan fingerprint density at radius 3 is 2.31 bits per heavy atom. The highest BCUT2D eigenvalue weighted by Crippen LogP contribution is 2.23. The molecule has 0 heterocycles. The van der Waals surface area contributed by atoms with E-state index in [0.29, 0.717) is 5.02 Å². The van der Waals surface area contributed by atoms with Gasteiger partial charge in [0.25, 0.3) is 0 Å². The summed E-state index contributed by atoms with van der Waals surface area (Å²) in [6, 6.07) is 8.45. The Kier molecular flexibility index (Phi) is 6.63. The predicted molar refractivity (Wildman–Crippen MR) is 92.5 cm³/mol. The molecule has 0 fully saturated rings. The fourth-order valence-corrected chi connectivity index (χ4v) is 2.45. The van der Waals surface area contributed by atoms with Crippen molar-refractivity contribution in [2.24, 2.45) is 0 Å². The summed E-state index contributed by atoms with van der Waals surface area (Å²) in [5.41, 5.74) is 0.366. The van der Waals surface area contributed by atoms with Crippen molar-refractivity contribution in [3.05, 3.63) is 64.4 Å². The van der Waals surface area contributed by atoms with Crippen LogP contribution in [-0.2, 0) is 16.0 Å². The summed E-state index contributed by atoms with van der Waals surface area (Å²) in [7, 11) is 0. The van der Waals surface area contributed by atoms with Gasteiger partial charge in [0.2, 0.25) is 11.8 Å². The van der Waals surface area contributed by atoms with E-state index in [9.17, 15) is 22.8 Å². The van der Waals surface area contributed by atoms with E-state index in [0.717, 1.165) is 29.5 Å². The molecule has 0 unspecified atom stereocenters. The van der Waals surface area contributed by atoms with Gasteiger partial charge < -0.3 is 10.2 Å². The number of benzene rings is 2. The normalized spacial score (nSPS) is 10.5. The third-order valence-electron chi connectivity index (χ3n) is 3.62. The van der Waals surface area contributed by atoms with Gasteiger partial charge in [-0.25, -0.2) is 13.2 Å². The number of halogens is 4. The molecule has 8 heteroatoms. The van der Waals surface area contributed by atoms with E-state index in [1.54, 1.807) is 24.3 Å². The number of nitrogens with zero attached hydrogens (tertiary/aromatic N) is 1. The van der Waals surface area contributed by atoms with E-state index in [2.05, 4.69) is 5.32 Å². The average Bonchev–Trinajstić information content (AvgIpc) is 2.59. The van der Waals surface area contributed by atoms with E-state index < -0.39 is 23.4 Å². The lowest BCUT2D eigenvalue weighted by Gasteiger charge is -2.22. The second-order valence-electron chi connectivity index (χ2n) is 5.52. The maximum absolute atomic E-state index is 13.9. The van der Waals surface area contributed by atoms with Crippen LogP contribution in [0.2, 0.25) is 5.02 Å². The zero-order chi connectivity index (χ0) is 19.3. The van der Waals surface area contributed by atoms with Crippen molar-refractivity contribution in [2.45, 2.75) is 13.3 Å². The van der Waals surface area contributed by atoms with Crippen LogP contribution in [0.5, 0.6) is 0 Å². The molecule has 2 rings (SSSR count). The van der Waals surface area contributed by atoms with Crippen LogP contribution in [0.1, 0.15) is 12.5 Å². The lowest BCUT2D eigenvalue weighted by atomic mass is 10.1. The summed E-state index contributed by atoms with van der Waals surface area (Å²) in [6.07, 6.45) is 0.108. The second kappa shape index (κ2) is 8.71. The van der Waals surface area contributed by atoms with Crippen LogP contribution in [-0.4, -0.2) is 24.9 Å². The minimum absolute atomic E-state index is 0.0183. The fraction of sp³-hybridized carbons (Fsp3) is 0.222. The standard InChI is InChI=1S/C18H16ClF3N2O2/c1-11(25)24(15-7-6-14(20)17(21)18(15)22)9-8-23-16(26)10-12-2-4-13(19)5-3-12/h2-7H,8-10H2,1H3,(H,23,26). The zero-order valence-corrected chi connectivity index (χ0v) is 14.6. The second-order valence-corrected chi connectivity index (χ2v) is 5.95. The first kappa shape index (κ1) is 19.8. The van der Waals surface area contributed by atoms with Gasteiger partial charge in [-0.05, 0) is 29.8 Å². The molecule has 138 valence electrons. The average molecular weight is 385 g/mol. The number of hydrogen-bond donors (Lipinski definition) is 1. The number of amides is 2. The van der Waals surface area contributed by atoms with Crippen molar-refractivity contribution in [3.63, 3.8) is 0 Å². The molecule has 0 aromatic heterocycles. The molecule has 4 nitrogen and oxygen atoms in total. The maximum Gasteiger partial charge on any atom is 0.224 e. The molecular formula is C18H16ClF3N2O2. The first-order valence-corrected chi connectivity index (χ1v) is 8.10. The van der Waals surface area contributed by atoms with Crippen LogP contribution in [0.15, 0.2) is 36.4 Å². The van der Waals surface area contributed by atoms with E-state index in [1.165, 1.54) is 0 Å². The summed E-state index contributed by atoms with van der Waals surface area (Å²) in [5, 5.41) is 3.15. The molecule has 26 heavy (non-hydrogen) atoms. The number of carbonyl (C=O) groups excluding carboxylic acids is 2. The highest BCUT2D eigenvalue weighted by molar-refractivity contribution is 6.30. The van der Waals surface area contributed by atoms with Crippen molar-refractivity contribution in [3.8, 4) is 0 Å². The molecule has 1 N–H and O–H groups in total. The van der Waals surface area contributed by atoms with Gasteiger partial charge in [-0.1, -0.05) is 23.7 Å². The Morgan fingerprint density at radius 2 is 1.69 bits per heavy atom. The third kappa shape index (κ3) is 4.98. The number of anilines is 1. The zero-order valence-electron chi connectivity index (χ0n) is 13.9. The molecule has 2 aromatic rings. The Hall–Kier alpha value is -2.54. The summed E-state index contributed by atoms with van der Waals surface area (Å²) >= 11 is 5.77. The lowest BCUT2D eigenvalue weighted by molar-refractivity contribution is -0.121. The molecule has 0 saturated carbocycles. The molecule has 0 bridgehead atoms. The van der Waals surface area contributed by atoms with Crippen molar-refractivity contribution in [1.29, 1.82) is 0 Å². The topological polar surface area (TPSA) is 49.4 Å². The van der Waals surface area contributed by atoms with Gasteiger partial charge in [0.1, 0.15) is 0 Å². The smallest absolute Gasteiger partial charge is 0.224 e. The van der Waals surface area contributed by atoms with Crippen LogP contribution in [0.25, 0.3) is 0 Å². The van der Waals surface area contributed by atoms with E-state index in [-0.39, 0.29) is 31.1 Å². The minimum atomic E-state index is -1.65. The highest BCUT2D eigenvalue weighted by atomic mass is 35.5. The van der Waals surface area contributed by atoms with Crippen LogP contribution in [0.3, 0.4) is 0 Å². The van der Waals surface area contributed by atoms with Gasteiger partial charge >= 0.3 is 0 Å². The molecule has 2 amide bonds. The van der Waals surface area contributed by atoms with Crippen molar-refractivity contribution in [1.82, 2.24) is 5.32 Å². The highest BCUT2D eigenvalue weighted by Gasteiger charge is 2.21. The number of carbonyl (C=O) groups is 2. The largest absolute Gasteiger partial charge is 0.354 e. The molecular weight excluding hydrogens is 369 g/mol. The SMILES string of the molecule is CC(=O)N(CCNC(=O)Cc1ccc(Cl)cc1)c1ccc(F)c(F)c1F. The third-order valence-corrected chi connectivity index (χ3v) is 3.87. The van der Waals surface area contributed by atoms with Gasteiger partial charge in [0, 0.05) is 25.0 Å². The molecule has 2 aromatic carbocycles. The Bertz CT molecular complexity index is 813. The summed E-state index contributed by atoms with van der Waals surface area (Å²) < 4.78 is 40.3. The summed E-state index contributed by atoms with van der Waals surface area (Å²) in [6.45, 7) is 1.09. The molecule has 0 saturated heterocycles. The number of nitrogens with one attached hydrogen (secondary N) is 1. The number of rotatable bonds is 6. The van der Waals surface area contributed by atoms with Gasteiger partial charge in [-0.2, -0.15) is 0 Å². The molecule has 0 aliphatic carbocycles. The first-order chi connectivity index (χ1) is 12.3. The molecule has 0 aliphatic rings. The van der Waals surface area contributed by atoms with Crippen molar-refractivity contribution < 1.29 is 22.8 Å². The van der Waals surface area contributed by atoms with Crippen LogP contribution >= 0.6 is 11.6 Å². The first-order valence-electron chi connectivity index (χ1n) is 7.72. The quantitative estimate of drug-likeness (QED) is 0.775. The molecule has 0 atom stereocenters. The predicted octanol–water partition coefficient (Wildman–Crippen LogP) is 3.47. The van der Waals surface area contributed by atoms with Gasteiger partial charge in [0.15, 0.2) is 17.5 Å². The van der Waals surface area contributed by atoms with Crippen molar-refractivity contribution >= 4 is 29.1 Å². The van der Waals surface area contributed by atoms with Gasteiger partial charge in [-0.15, -0.1) is 0 Å². The van der Waals surface area contributed by atoms with Crippen LogP contribution < -0.4 is 10.2 Å². The number of hydrogen-bond acceptors (Lipinski definition) is 2. The minimum Gasteiger partial charge on any atom is -0.354 e. The molecule has 0 aliphatic heterocycles. The summed E-state index contributed by atoms with van der Waals surface area (Å²) in [5.74, 6) is -5.32. The maximum atomic E-state index is 13.9. The van der Waals surface area contributed by atoms with E-state index in [4.69, 9.17) is 11.6 Å². The monoisotopic (exact) mass is 384 g/mol. The Labute approximate surface area is 153 Å². The Morgan fingerprint density at radius 1 is 1.04 bits per heavy atom. The van der Waals surface area contributed by atoms with E-state index in [1.807, 2.05) is 0 Å². The molecule has 0 radical (unpaired) electrons. The summed E-state index contributed by atoms with van der Waals surface area (Å²) in [4.78, 5) is 24.6. The Balaban J connectivity index is 1.97. The van der Waals surface area contributed by atoms with Gasteiger partial charge in [-0.3, -0.25) is 9.59 Å². The van der Waals surface area contributed by atoms with E-state index >= 15 is 0 Å². The fourth-order valence-electron chi connectivity index (χ4n) is 2.33. The lowest BCUT2D eigenvalue weighted by Crippen LogP contribution is -2.38. The molecule has 0 spiro atoms. The van der Waals surface area contributed by atoms with Gasteiger partial charge in [0.05, 0.1) is 12.1 Å². The van der Waals surface area contributed by atoms with Crippen LogP contribution in [0.4, 0.5) is 18.9 Å². The van der Waals surface area contributed by atoms with Crippen LogP contribution in [0, 0.1) is 17.5 Å².